The summed E-state index contributed by atoms with van der Waals surface area (Å²) in [5.41, 5.74) is 0.887. The minimum absolute atomic E-state index is 0.0683. The van der Waals surface area contributed by atoms with Crippen molar-refractivity contribution >= 4 is 21.6 Å². The summed E-state index contributed by atoms with van der Waals surface area (Å²) in [7, 11) is -3.55. The summed E-state index contributed by atoms with van der Waals surface area (Å²) in [6, 6.07) is 0. The lowest BCUT2D eigenvalue weighted by molar-refractivity contribution is 0.0101. The average molecular weight is 294 g/mol. The van der Waals surface area contributed by atoms with Crippen molar-refractivity contribution in [3.05, 3.63) is 11.4 Å². The first-order valence-corrected chi connectivity index (χ1v) is 7.66. The fourth-order valence-electron chi connectivity index (χ4n) is 2.04. The van der Waals surface area contributed by atoms with Gasteiger partial charge in [-0.25, -0.2) is 8.42 Å². The zero-order chi connectivity index (χ0) is 13.3. The number of aryl methyl sites for hydroxylation is 1. The second-order valence-electron chi connectivity index (χ2n) is 4.30. The number of halogens is 1. The van der Waals surface area contributed by atoms with E-state index < -0.39 is 10.0 Å². The Hall–Kier alpha value is -0.630. The van der Waals surface area contributed by atoms with E-state index in [9.17, 15) is 8.42 Å². The zero-order valence-electron chi connectivity index (χ0n) is 10.3. The second kappa shape index (κ2) is 5.16. The van der Waals surface area contributed by atoms with Gasteiger partial charge < -0.3 is 4.74 Å². The minimum atomic E-state index is -3.55. The number of hydrogen-bond acceptors (Lipinski definition) is 4. The monoisotopic (exact) mass is 293 g/mol. The van der Waals surface area contributed by atoms with Gasteiger partial charge in [-0.2, -0.15) is 9.40 Å². The molecule has 0 radical (unpaired) electrons. The Bertz CT molecular complexity index is 528. The van der Waals surface area contributed by atoms with Gasteiger partial charge in [0.05, 0.1) is 30.0 Å². The quantitative estimate of drug-likeness (QED) is 0.839. The maximum Gasteiger partial charge on any atom is 0.246 e. The number of H-pyrrole nitrogens is 1. The van der Waals surface area contributed by atoms with E-state index in [1.807, 2.05) is 6.92 Å². The molecule has 18 heavy (non-hydrogen) atoms. The van der Waals surface area contributed by atoms with Gasteiger partial charge in [-0.1, -0.05) is 0 Å². The van der Waals surface area contributed by atoms with Crippen molar-refractivity contribution in [3.8, 4) is 0 Å². The lowest BCUT2D eigenvalue weighted by atomic mass is 10.3. The maximum absolute atomic E-state index is 12.5. The van der Waals surface area contributed by atoms with Crippen LogP contribution >= 0.6 is 11.6 Å². The van der Waals surface area contributed by atoms with E-state index in [0.717, 1.165) is 0 Å². The second-order valence-corrected chi connectivity index (χ2v) is 6.44. The van der Waals surface area contributed by atoms with E-state index in [4.69, 9.17) is 16.3 Å². The molecule has 0 bridgehead atoms. The van der Waals surface area contributed by atoms with Crippen LogP contribution in [0.15, 0.2) is 4.90 Å². The number of sulfonamides is 1. The van der Waals surface area contributed by atoms with E-state index in [-0.39, 0.29) is 16.9 Å². The molecule has 1 N–H and O–H groups in total. The fourth-order valence-corrected chi connectivity index (χ4v) is 4.14. The van der Waals surface area contributed by atoms with Crippen LogP contribution in [0.25, 0.3) is 0 Å². The molecule has 1 aromatic heterocycles. The lowest BCUT2D eigenvalue weighted by Crippen LogP contribution is -2.44. The Morgan fingerprint density at radius 3 is 2.94 bits per heavy atom. The van der Waals surface area contributed by atoms with Crippen molar-refractivity contribution in [2.24, 2.45) is 0 Å². The number of alkyl halides is 1. The van der Waals surface area contributed by atoms with Gasteiger partial charge in [0, 0.05) is 13.1 Å². The fraction of sp³-hybridized carbons (Fsp3) is 0.700. The maximum atomic E-state index is 12.5. The molecule has 0 spiro atoms. The number of hydrogen-bond donors (Lipinski definition) is 1. The molecular weight excluding hydrogens is 278 g/mol. The standard InChI is InChI=1S/C10H16ClN3O3S/c1-7-6-14(3-4-17-7)18(15,16)10-8(2)12-13-9(10)5-11/h7H,3-6H2,1-2H3,(H,12,13). The molecule has 6 nitrogen and oxygen atoms in total. The summed E-state index contributed by atoms with van der Waals surface area (Å²) in [6.07, 6.45) is -0.0971. The summed E-state index contributed by atoms with van der Waals surface area (Å²) in [5, 5.41) is 6.59. The summed E-state index contributed by atoms with van der Waals surface area (Å²) in [6.45, 7) is 4.66. The number of morpholine rings is 1. The number of nitrogens with zero attached hydrogens (tertiary/aromatic N) is 2. The molecule has 102 valence electrons. The van der Waals surface area contributed by atoms with Gasteiger partial charge in [0.15, 0.2) is 0 Å². The molecule has 0 aromatic carbocycles. The normalized spacial score (nSPS) is 22.3. The van der Waals surface area contributed by atoms with E-state index in [0.29, 0.717) is 31.1 Å². The van der Waals surface area contributed by atoms with E-state index in [1.54, 1.807) is 6.92 Å². The Balaban J connectivity index is 2.38. The molecule has 8 heteroatoms. The number of nitrogens with one attached hydrogen (secondary N) is 1. The zero-order valence-corrected chi connectivity index (χ0v) is 11.9. The van der Waals surface area contributed by atoms with Crippen LogP contribution in [0.1, 0.15) is 18.3 Å². The summed E-state index contributed by atoms with van der Waals surface area (Å²) in [5.74, 6) is 0.0683. The molecule has 1 aromatic rings. The first-order chi connectivity index (χ1) is 8.46. The summed E-state index contributed by atoms with van der Waals surface area (Å²) in [4.78, 5) is 0.201. The predicted molar refractivity (Wildman–Crippen MR) is 67.1 cm³/mol. The SMILES string of the molecule is Cc1[nH]nc(CCl)c1S(=O)(=O)N1CCOC(C)C1. The highest BCUT2D eigenvalue weighted by Crippen LogP contribution is 2.24. The van der Waals surface area contributed by atoms with Gasteiger partial charge in [0.1, 0.15) is 4.90 Å². The van der Waals surface area contributed by atoms with E-state index >= 15 is 0 Å². The van der Waals surface area contributed by atoms with Crippen LogP contribution in [-0.4, -0.2) is 48.7 Å². The highest BCUT2D eigenvalue weighted by atomic mass is 35.5. The van der Waals surface area contributed by atoms with Crippen molar-refractivity contribution < 1.29 is 13.2 Å². The van der Waals surface area contributed by atoms with Gasteiger partial charge >= 0.3 is 0 Å². The van der Waals surface area contributed by atoms with Crippen LogP contribution in [0, 0.1) is 6.92 Å². The molecule has 1 aliphatic rings. The molecule has 1 saturated heterocycles. The van der Waals surface area contributed by atoms with Crippen LogP contribution in [-0.2, 0) is 20.6 Å². The molecule has 1 atom stereocenters. The highest BCUT2D eigenvalue weighted by Gasteiger charge is 2.33. The van der Waals surface area contributed by atoms with Crippen LogP contribution in [0.4, 0.5) is 0 Å². The topological polar surface area (TPSA) is 75.3 Å². The molecule has 1 fully saturated rings. The Labute approximate surface area is 111 Å². The molecule has 0 amide bonds. The highest BCUT2D eigenvalue weighted by molar-refractivity contribution is 7.89. The largest absolute Gasteiger partial charge is 0.376 e. The van der Waals surface area contributed by atoms with E-state index in [1.165, 1.54) is 4.31 Å². The predicted octanol–water partition coefficient (Wildman–Crippen LogP) is 0.866. The summed E-state index contributed by atoms with van der Waals surface area (Å²) >= 11 is 5.73. The molecule has 0 saturated carbocycles. The molecule has 0 aliphatic carbocycles. The van der Waals surface area contributed by atoms with Gasteiger partial charge in [0.2, 0.25) is 10.0 Å². The van der Waals surface area contributed by atoms with Crippen molar-refractivity contribution in [3.63, 3.8) is 0 Å². The third-order valence-electron chi connectivity index (χ3n) is 2.89. The summed E-state index contributed by atoms with van der Waals surface area (Å²) < 4.78 is 31.9. The van der Waals surface area contributed by atoms with Gasteiger partial charge in [0.25, 0.3) is 0 Å². The Morgan fingerprint density at radius 1 is 1.61 bits per heavy atom. The average Bonchev–Trinajstić information content (AvgIpc) is 2.71. The van der Waals surface area contributed by atoms with Crippen LogP contribution in [0.2, 0.25) is 0 Å². The first kappa shape index (κ1) is 13.8. The number of aromatic amines is 1. The van der Waals surface area contributed by atoms with Gasteiger partial charge in [-0.3, -0.25) is 5.10 Å². The number of aromatic nitrogens is 2. The smallest absolute Gasteiger partial charge is 0.246 e. The minimum Gasteiger partial charge on any atom is -0.376 e. The number of rotatable bonds is 3. The van der Waals surface area contributed by atoms with E-state index in [2.05, 4.69) is 10.2 Å². The molecule has 1 aliphatic heterocycles. The third-order valence-corrected chi connectivity index (χ3v) is 5.21. The third kappa shape index (κ3) is 2.40. The molecule has 2 heterocycles. The van der Waals surface area contributed by atoms with Crippen LogP contribution in [0.5, 0.6) is 0 Å². The van der Waals surface area contributed by atoms with Crippen LogP contribution in [0.3, 0.4) is 0 Å². The molecular formula is C10H16ClN3O3S. The Morgan fingerprint density at radius 2 is 2.33 bits per heavy atom. The number of ether oxygens (including phenoxy) is 1. The van der Waals surface area contributed by atoms with Gasteiger partial charge in [-0.05, 0) is 13.8 Å². The van der Waals surface area contributed by atoms with Crippen molar-refractivity contribution in [1.82, 2.24) is 14.5 Å². The first-order valence-electron chi connectivity index (χ1n) is 5.68. The van der Waals surface area contributed by atoms with Crippen LogP contribution < -0.4 is 0 Å². The van der Waals surface area contributed by atoms with Gasteiger partial charge in [-0.15, -0.1) is 11.6 Å². The van der Waals surface area contributed by atoms with Crippen molar-refractivity contribution in [1.29, 1.82) is 0 Å². The molecule has 1 unspecified atom stereocenters. The van der Waals surface area contributed by atoms with Crippen molar-refractivity contribution in [2.75, 3.05) is 19.7 Å². The van der Waals surface area contributed by atoms with Crippen molar-refractivity contribution in [2.45, 2.75) is 30.7 Å². The lowest BCUT2D eigenvalue weighted by Gasteiger charge is -2.30. The Kier molecular flexibility index (Phi) is 3.96. The molecule has 2 rings (SSSR count).